The van der Waals surface area contributed by atoms with Crippen LogP contribution in [-0.2, 0) is 23.8 Å². The van der Waals surface area contributed by atoms with Crippen molar-refractivity contribution in [3.05, 3.63) is 11.6 Å². The maximum absolute atomic E-state index is 11.6. The first-order chi connectivity index (χ1) is 14.8. The molecule has 1 saturated heterocycles. The largest absolute Gasteiger partial charge is 0.459 e. The topological polar surface area (TPSA) is 82.1 Å². The van der Waals surface area contributed by atoms with Crippen LogP contribution in [0, 0.1) is 22.7 Å². The molecule has 2 saturated carbocycles. The van der Waals surface area contributed by atoms with E-state index in [4.69, 9.17) is 14.2 Å². The van der Waals surface area contributed by atoms with Gasteiger partial charge >= 0.3 is 5.97 Å². The van der Waals surface area contributed by atoms with Gasteiger partial charge in [0.15, 0.2) is 0 Å². The van der Waals surface area contributed by atoms with E-state index in [9.17, 15) is 14.7 Å². The number of rotatable bonds is 7. The summed E-state index contributed by atoms with van der Waals surface area (Å²) in [6.07, 6.45) is 9.71. The summed E-state index contributed by atoms with van der Waals surface area (Å²) >= 11 is 0. The molecule has 0 aromatic carbocycles. The summed E-state index contributed by atoms with van der Waals surface area (Å²) in [5.41, 5.74) is 1.16. The number of aliphatic hydroxyl groups is 1. The van der Waals surface area contributed by atoms with Gasteiger partial charge in [-0.25, -0.2) is 0 Å². The van der Waals surface area contributed by atoms with Gasteiger partial charge in [0.1, 0.15) is 12.4 Å². The lowest BCUT2D eigenvalue weighted by atomic mass is 9.49. The monoisotopic (exact) mass is 434 g/mol. The van der Waals surface area contributed by atoms with Crippen LogP contribution in [-0.4, -0.2) is 55.0 Å². The van der Waals surface area contributed by atoms with Crippen LogP contribution in [0.2, 0.25) is 0 Å². The Labute approximate surface area is 185 Å². The van der Waals surface area contributed by atoms with Gasteiger partial charge in [0.05, 0.1) is 24.9 Å². The fourth-order valence-corrected chi connectivity index (χ4v) is 6.93. The van der Waals surface area contributed by atoms with Crippen LogP contribution in [0.1, 0.15) is 72.1 Å². The highest BCUT2D eigenvalue weighted by atomic mass is 16.6. The fourth-order valence-electron chi connectivity index (χ4n) is 6.93. The zero-order valence-electron chi connectivity index (χ0n) is 19.2. The number of carbonyl (C=O) groups is 2. The van der Waals surface area contributed by atoms with Crippen molar-refractivity contribution in [3.63, 3.8) is 0 Å². The molecule has 1 N–H and O–H groups in total. The third-order valence-electron chi connectivity index (χ3n) is 8.75. The summed E-state index contributed by atoms with van der Waals surface area (Å²) in [6.45, 7) is 7.10. The first-order valence-corrected chi connectivity index (χ1v) is 12.0. The minimum atomic E-state index is -0.542. The van der Waals surface area contributed by atoms with Gasteiger partial charge < -0.3 is 24.1 Å². The molecule has 4 rings (SSSR count). The van der Waals surface area contributed by atoms with Crippen molar-refractivity contribution in [3.8, 4) is 0 Å². The average molecular weight is 435 g/mol. The van der Waals surface area contributed by atoms with E-state index in [1.165, 1.54) is 12.5 Å². The lowest BCUT2D eigenvalue weighted by Crippen LogP contribution is -2.58. The van der Waals surface area contributed by atoms with E-state index >= 15 is 0 Å². The summed E-state index contributed by atoms with van der Waals surface area (Å²) in [6, 6.07) is 0. The Bertz CT molecular complexity index is 719. The van der Waals surface area contributed by atoms with Gasteiger partial charge in [-0.1, -0.05) is 25.5 Å². The van der Waals surface area contributed by atoms with Crippen LogP contribution in [0.15, 0.2) is 11.6 Å². The Morgan fingerprint density at radius 1 is 1.29 bits per heavy atom. The number of fused-ring (bicyclic) bond motifs is 5. The molecule has 3 fully saturated rings. The van der Waals surface area contributed by atoms with E-state index in [-0.39, 0.29) is 41.0 Å². The first kappa shape index (κ1) is 22.9. The summed E-state index contributed by atoms with van der Waals surface area (Å²) in [5, 5.41) is 11.2. The van der Waals surface area contributed by atoms with Gasteiger partial charge in [0.25, 0.3) is 0 Å². The van der Waals surface area contributed by atoms with Crippen molar-refractivity contribution in [1.29, 1.82) is 0 Å². The average Bonchev–Trinajstić information content (AvgIpc) is 3.04. The van der Waals surface area contributed by atoms with E-state index in [1.54, 1.807) is 0 Å². The molecule has 0 radical (unpaired) electrons. The number of aliphatic hydroxyl groups excluding tert-OH is 1. The van der Waals surface area contributed by atoms with Crippen molar-refractivity contribution >= 4 is 12.3 Å². The zero-order valence-corrected chi connectivity index (χ0v) is 19.2. The summed E-state index contributed by atoms with van der Waals surface area (Å²) in [5.74, 6) is 0.138. The smallest absolute Gasteiger partial charge is 0.303 e. The molecule has 0 amide bonds. The highest BCUT2D eigenvalue weighted by Gasteiger charge is 2.62. The predicted octanol–water partition coefficient (Wildman–Crippen LogP) is 3.59. The minimum Gasteiger partial charge on any atom is -0.459 e. The molecule has 8 atom stereocenters. The molecule has 0 bridgehead atoms. The second kappa shape index (κ2) is 8.95. The normalized spacial score (nSPS) is 43.9. The minimum absolute atomic E-state index is 0.0360. The Morgan fingerprint density at radius 3 is 2.84 bits per heavy atom. The van der Waals surface area contributed by atoms with E-state index < -0.39 is 6.10 Å². The number of ether oxygens (including phenoxy) is 3. The Balaban J connectivity index is 1.47. The van der Waals surface area contributed by atoms with Crippen LogP contribution < -0.4 is 0 Å². The maximum atomic E-state index is 11.6. The molecule has 4 aliphatic rings. The van der Waals surface area contributed by atoms with E-state index in [0.29, 0.717) is 25.6 Å². The highest BCUT2D eigenvalue weighted by Crippen LogP contribution is 2.62. The molecule has 3 aliphatic carbocycles. The summed E-state index contributed by atoms with van der Waals surface area (Å²) < 4.78 is 18.0. The summed E-state index contributed by atoms with van der Waals surface area (Å²) in [7, 11) is 0. The molecule has 31 heavy (non-hydrogen) atoms. The molecular formula is C25H38O6. The van der Waals surface area contributed by atoms with Crippen LogP contribution >= 0.6 is 0 Å². The number of unbranched alkanes of at least 4 members (excludes halogenated alkanes) is 2. The SMILES string of the molecule is CC(=O)OC1COC2C3C(CC[C@]12C)[C@@]1(C)CC[C@H](OCCCCC=O)CC1=C[C@@H]3O. The molecule has 1 aliphatic heterocycles. The Kier molecular flexibility index (Phi) is 6.62. The maximum Gasteiger partial charge on any atom is 0.303 e. The van der Waals surface area contributed by atoms with Gasteiger partial charge in [-0.05, 0) is 56.3 Å². The van der Waals surface area contributed by atoms with Crippen molar-refractivity contribution in [2.24, 2.45) is 22.7 Å². The van der Waals surface area contributed by atoms with Crippen LogP contribution in [0.3, 0.4) is 0 Å². The van der Waals surface area contributed by atoms with Gasteiger partial charge in [0.2, 0.25) is 0 Å². The van der Waals surface area contributed by atoms with Crippen LogP contribution in [0.5, 0.6) is 0 Å². The third kappa shape index (κ3) is 4.11. The molecule has 1 heterocycles. The molecule has 4 unspecified atom stereocenters. The van der Waals surface area contributed by atoms with E-state index in [0.717, 1.165) is 51.2 Å². The Hall–Kier alpha value is -1.24. The fraction of sp³-hybridized carbons (Fsp3) is 0.840. The standard InChI is InChI=1S/C25H38O6/c1-16(27)31-21-15-30-23-22-19(8-10-25(21,23)3)24(2)9-7-18(13-17(24)14-20(22)28)29-12-6-4-5-11-26/h11,14,18-23,28H,4-10,12-13,15H2,1-3H3/t18-,19?,20-,21?,22?,23?,24-,25+/m0/s1. The molecule has 0 aromatic heterocycles. The van der Waals surface area contributed by atoms with Gasteiger partial charge in [0, 0.05) is 31.3 Å². The second-order valence-corrected chi connectivity index (χ2v) is 10.6. The predicted molar refractivity (Wildman–Crippen MR) is 115 cm³/mol. The zero-order chi connectivity index (χ0) is 22.2. The van der Waals surface area contributed by atoms with Crippen molar-refractivity contribution in [2.45, 2.75) is 96.6 Å². The first-order valence-electron chi connectivity index (χ1n) is 12.0. The van der Waals surface area contributed by atoms with Gasteiger partial charge in [-0.15, -0.1) is 0 Å². The number of esters is 1. The van der Waals surface area contributed by atoms with Crippen LogP contribution in [0.25, 0.3) is 0 Å². The quantitative estimate of drug-likeness (QED) is 0.285. The lowest BCUT2D eigenvalue weighted by molar-refractivity contribution is -0.157. The Morgan fingerprint density at radius 2 is 2.10 bits per heavy atom. The third-order valence-corrected chi connectivity index (χ3v) is 8.75. The van der Waals surface area contributed by atoms with Crippen molar-refractivity contribution < 1.29 is 28.9 Å². The summed E-state index contributed by atoms with van der Waals surface area (Å²) in [4.78, 5) is 22.1. The second-order valence-electron chi connectivity index (χ2n) is 10.6. The molecule has 6 heteroatoms. The number of carbonyl (C=O) groups excluding carboxylic acids is 2. The molecule has 174 valence electrons. The van der Waals surface area contributed by atoms with Crippen molar-refractivity contribution in [1.82, 2.24) is 0 Å². The molecule has 0 aromatic rings. The van der Waals surface area contributed by atoms with Gasteiger partial charge in [-0.2, -0.15) is 0 Å². The number of hydrogen-bond donors (Lipinski definition) is 1. The van der Waals surface area contributed by atoms with Crippen LogP contribution in [0.4, 0.5) is 0 Å². The van der Waals surface area contributed by atoms with E-state index in [2.05, 4.69) is 19.9 Å². The molecule has 0 spiro atoms. The molecular weight excluding hydrogens is 396 g/mol. The van der Waals surface area contributed by atoms with Gasteiger partial charge in [-0.3, -0.25) is 4.79 Å². The van der Waals surface area contributed by atoms with Crippen molar-refractivity contribution in [2.75, 3.05) is 13.2 Å². The molecule has 6 nitrogen and oxygen atoms in total. The van der Waals surface area contributed by atoms with E-state index in [1.807, 2.05) is 0 Å². The number of aldehydes is 1. The number of hydrogen-bond acceptors (Lipinski definition) is 6. The lowest BCUT2D eigenvalue weighted by Gasteiger charge is -2.58. The highest BCUT2D eigenvalue weighted by molar-refractivity contribution is 5.66.